The van der Waals surface area contributed by atoms with Gasteiger partial charge < -0.3 is 5.32 Å². The zero-order valence-corrected chi connectivity index (χ0v) is 19.7. The number of thioether (sulfide) groups is 1. The summed E-state index contributed by atoms with van der Waals surface area (Å²) in [7, 11) is 0. The van der Waals surface area contributed by atoms with Gasteiger partial charge in [0.05, 0.1) is 38.5 Å². The molecule has 0 atom stereocenters. The third kappa shape index (κ3) is 4.42. The highest BCUT2D eigenvalue weighted by Gasteiger charge is 2.18. The smallest absolute Gasteiger partial charge is 0.274 e. The molecule has 0 aliphatic carbocycles. The molecule has 0 unspecified atom stereocenters. The molecule has 9 heteroatoms. The van der Waals surface area contributed by atoms with Gasteiger partial charge in [-0.25, -0.2) is 4.98 Å². The maximum absolute atomic E-state index is 13.4. The lowest BCUT2D eigenvalue weighted by Crippen LogP contribution is -2.23. The molecule has 1 N–H and O–H groups in total. The number of carbonyl (C=O) groups excluding carboxylic acids is 1. The average Bonchev–Trinajstić information content (AvgIpc) is 2.81. The fourth-order valence-corrected chi connectivity index (χ4v) is 4.48. The van der Waals surface area contributed by atoms with Crippen LogP contribution in [0.25, 0.3) is 16.6 Å². The number of nitrogens with zero attached hydrogens (tertiary/aromatic N) is 3. The van der Waals surface area contributed by atoms with E-state index in [-0.39, 0.29) is 22.9 Å². The highest BCUT2D eigenvalue weighted by Crippen LogP contribution is 2.27. The van der Waals surface area contributed by atoms with Crippen molar-refractivity contribution < 1.29 is 9.72 Å². The van der Waals surface area contributed by atoms with Gasteiger partial charge in [0.25, 0.3) is 11.2 Å². The molecule has 0 bridgehead atoms. The number of nitro groups is 1. The average molecular weight is 475 g/mol. The highest BCUT2D eigenvalue weighted by molar-refractivity contribution is 7.99. The van der Waals surface area contributed by atoms with Gasteiger partial charge in [-0.2, -0.15) is 0 Å². The van der Waals surface area contributed by atoms with Crippen LogP contribution in [0, 0.1) is 30.9 Å². The summed E-state index contributed by atoms with van der Waals surface area (Å²) in [5.74, 6) is -0.388. The summed E-state index contributed by atoms with van der Waals surface area (Å²) < 4.78 is 1.54. The Morgan fingerprint density at radius 3 is 2.53 bits per heavy atom. The molecule has 1 aromatic heterocycles. The first-order chi connectivity index (χ1) is 16.3. The van der Waals surface area contributed by atoms with Crippen LogP contribution in [0.2, 0.25) is 0 Å². The summed E-state index contributed by atoms with van der Waals surface area (Å²) in [4.78, 5) is 41.5. The Labute approximate surface area is 199 Å². The van der Waals surface area contributed by atoms with Crippen LogP contribution in [0.4, 0.5) is 11.4 Å². The second-order valence-corrected chi connectivity index (χ2v) is 8.76. The Kier molecular flexibility index (Phi) is 6.47. The van der Waals surface area contributed by atoms with Crippen molar-refractivity contribution in [2.75, 3.05) is 11.1 Å². The van der Waals surface area contributed by atoms with Crippen LogP contribution in [0.1, 0.15) is 16.7 Å². The number of hydrogen-bond donors (Lipinski definition) is 1. The molecule has 0 saturated carbocycles. The summed E-state index contributed by atoms with van der Waals surface area (Å²) in [6.07, 6.45) is 0. The molecular formula is C25H22N4O4S. The van der Waals surface area contributed by atoms with Crippen molar-refractivity contribution in [1.29, 1.82) is 0 Å². The van der Waals surface area contributed by atoms with Crippen molar-refractivity contribution in [3.8, 4) is 5.69 Å². The van der Waals surface area contributed by atoms with Crippen LogP contribution in [-0.2, 0) is 4.79 Å². The minimum atomic E-state index is -0.485. The Bertz CT molecular complexity index is 1500. The second-order valence-electron chi connectivity index (χ2n) is 7.81. The van der Waals surface area contributed by atoms with Gasteiger partial charge in [-0.15, -0.1) is 0 Å². The van der Waals surface area contributed by atoms with E-state index in [0.29, 0.717) is 33.0 Å². The molecular weight excluding hydrogens is 452 g/mol. The zero-order chi connectivity index (χ0) is 24.4. The van der Waals surface area contributed by atoms with E-state index in [4.69, 9.17) is 0 Å². The Hall–Kier alpha value is -3.98. The first-order valence-electron chi connectivity index (χ1n) is 10.5. The third-order valence-electron chi connectivity index (χ3n) is 5.67. The van der Waals surface area contributed by atoms with Crippen LogP contribution in [0.5, 0.6) is 0 Å². The molecule has 0 spiro atoms. The number of carbonyl (C=O) groups is 1. The van der Waals surface area contributed by atoms with E-state index in [1.165, 1.54) is 12.1 Å². The molecule has 3 aromatic carbocycles. The molecule has 4 aromatic rings. The van der Waals surface area contributed by atoms with E-state index in [1.54, 1.807) is 35.8 Å². The lowest BCUT2D eigenvalue weighted by atomic mass is 10.1. The van der Waals surface area contributed by atoms with Crippen LogP contribution in [-0.4, -0.2) is 26.1 Å². The van der Waals surface area contributed by atoms with Crippen molar-refractivity contribution in [3.05, 3.63) is 97.8 Å². The summed E-state index contributed by atoms with van der Waals surface area (Å²) >= 11 is 1.14. The number of amides is 1. The summed E-state index contributed by atoms with van der Waals surface area (Å²) in [6, 6.07) is 17.3. The molecule has 1 heterocycles. The Morgan fingerprint density at radius 1 is 1.03 bits per heavy atom. The monoisotopic (exact) mass is 474 g/mol. The van der Waals surface area contributed by atoms with Gasteiger partial charge in [0.1, 0.15) is 0 Å². The molecule has 0 radical (unpaired) electrons. The van der Waals surface area contributed by atoms with E-state index in [9.17, 15) is 19.7 Å². The normalized spacial score (nSPS) is 10.9. The van der Waals surface area contributed by atoms with E-state index in [2.05, 4.69) is 10.3 Å². The summed E-state index contributed by atoms with van der Waals surface area (Å²) in [6.45, 7) is 5.50. The van der Waals surface area contributed by atoms with Gasteiger partial charge in [-0.05, 0) is 56.2 Å². The topological polar surface area (TPSA) is 107 Å². The number of aromatic nitrogens is 2. The summed E-state index contributed by atoms with van der Waals surface area (Å²) in [5.41, 5.74) is 3.71. The van der Waals surface area contributed by atoms with Gasteiger partial charge >= 0.3 is 0 Å². The maximum atomic E-state index is 13.4. The van der Waals surface area contributed by atoms with Crippen LogP contribution >= 0.6 is 11.8 Å². The highest BCUT2D eigenvalue weighted by atomic mass is 32.2. The van der Waals surface area contributed by atoms with Gasteiger partial charge in [0.15, 0.2) is 5.16 Å². The van der Waals surface area contributed by atoms with Crippen molar-refractivity contribution in [2.24, 2.45) is 0 Å². The van der Waals surface area contributed by atoms with E-state index in [0.717, 1.165) is 22.9 Å². The fourth-order valence-electron chi connectivity index (χ4n) is 3.67. The number of benzene rings is 3. The van der Waals surface area contributed by atoms with Gasteiger partial charge in [-0.3, -0.25) is 24.3 Å². The predicted octanol–water partition coefficient (Wildman–Crippen LogP) is 4.95. The number of nitrogens with one attached hydrogen (secondary N) is 1. The molecule has 172 valence electrons. The van der Waals surface area contributed by atoms with E-state index < -0.39 is 4.92 Å². The number of anilines is 1. The molecule has 4 rings (SSSR count). The number of aryl methyl sites for hydroxylation is 1. The predicted molar refractivity (Wildman–Crippen MR) is 134 cm³/mol. The SMILES string of the molecule is Cc1cccc(-n2c(SCC(=O)Nc3cccc([N+](=O)[O-])c3C)nc3ccccc3c2=O)c1C. The third-order valence-corrected chi connectivity index (χ3v) is 6.61. The number of rotatable bonds is 6. The Balaban J connectivity index is 1.69. The fraction of sp³-hybridized carbons (Fsp3) is 0.160. The Morgan fingerprint density at radius 2 is 1.76 bits per heavy atom. The minimum Gasteiger partial charge on any atom is -0.325 e. The molecule has 0 saturated heterocycles. The van der Waals surface area contributed by atoms with Crippen LogP contribution in [0.15, 0.2) is 70.6 Å². The number of nitro benzene ring substituents is 1. The molecule has 34 heavy (non-hydrogen) atoms. The first kappa shape index (κ1) is 23.2. The van der Waals surface area contributed by atoms with E-state index >= 15 is 0 Å². The number of fused-ring (bicyclic) bond motifs is 1. The minimum absolute atomic E-state index is 0.0300. The first-order valence-corrected chi connectivity index (χ1v) is 11.5. The largest absolute Gasteiger partial charge is 0.325 e. The molecule has 0 aliphatic rings. The van der Waals surface area contributed by atoms with Gasteiger partial charge in [0, 0.05) is 6.07 Å². The van der Waals surface area contributed by atoms with Crippen molar-refractivity contribution in [2.45, 2.75) is 25.9 Å². The van der Waals surface area contributed by atoms with Gasteiger partial charge in [-0.1, -0.05) is 42.1 Å². The van der Waals surface area contributed by atoms with Crippen molar-refractivity contribution in [3.63, 3.8) is 0 Å². The number of para-hydroxylation sites is 1. The standard InChI is InChI=1S/C25H22N4O4S/c1-15-8-6-12-21(16(15)2)28-24(31)18-9-4-5-10-20(18)27-25(28)34-14-23(30)26-19-11-7-13-22(17(19)3)29(32)33/h4-13H,14H2,1-3H3,(H,26,30). The lowest BCUT2D eigenvalue weighted by molar-refractivity contribution is -0.385. The molecule has 1 amide bonds. The van der Waals surface area contributed by atoms with E-state index in [1.807, 2.05) is 38.1 Å². The van der Waals surface area contributed by atoms with Crippen molar-refractivity contribution in [1.82, 2.24) is 9.55 Å². The molecule has 0 fully saturated rings. The zero-order valence-electron chi connectivity index (χ0n) is 18.9. The molecule has 0 aliphatic heterocycles. The summed E-state index contributed by atoms with van der Waals surface area (Å²) in [5, 5.41) is 14.8. The maximum Gasteiger partial charge on any atom is 0.274 e. The van der Waals surface area contributed by atoms with Gasteiger partial charge in [0.2, 0.25) is 5.91 Å². The van der Waals surface area contributed by atoms with Crippen LogP contribution in [0.3, 0.4) is 0 Å². The molecule has 8 nitrogen and oxygen atoms in total. The lowest BCUT2D eigenvalue weighted by Gasteiger charge is -2.16. The number of hydrogen-bond acceptors (Lipinski definition) is 6. The second kappa shape index (κ2) is 9.48. The quantitative estimate of drug-likeness (QED) is 0.183. The van der Waals surface area contributed by atoms with Crippen molar-refractivity contribution >= 4 is 39.9 Å². The van der Waals surface area contributed by atoms with Crippen LogP contribution < -0.4 is 10.9 Å².